The molecule has 0 saturated carbocycles. The van der Waals surface area contributed by atoms with Gasteiger partial charge in [0, 0.05) is 17.1 Å². The van der Waals surface area contributed by atoms with Crippen molar-refractivity contribution in [2.75, 3.05) is 0 Å². The van der Waals surface area contributed by atoms with E-state index in [-0.39, 0.29) is 31.1 Å². The number of H-pyrrole nitrogens is 1. The molecule has 1 aromatic carbocycles. The van der Waals surface area contributed by atoms with E-state index in [1.807, 2.05) is 52.0 Å². The number of hydrogen-bond acceptors (Lipinski definition) is 7. The molecule has 2 aromatic rings. The van der Waals surface area contributed by atoms with Gasteiger partial charge in [-0.05, 0) is 55.6 Å². The molecular formula is C32H50N6O7. The summed E-state index contributed by atoms with van der Waals surface area (Å²) in [5.41, 5.74) is 7.88. The number of carboxylic acids is 1. The molecule has 0 fully saturated rings. The van der Waals surface area contributed by atoms with Gasteiger partial charge < -0.3 is 42.2 Å². The normalized spacial score (nSPS) is 15.6. The van der Waals surface area contributed by atoms with Crippen LogP contribution < -0.4 is 27.0 Å². The molecular weight excluding hydrogens is 580 g/mol. The summed E-state index contributed by atoms with van der Waals surface area (Å²) in [5, 5.41) is 31.2. The highest BCUT2D eigenvalue weighted by Crippen LogP contribution is 2.19. The standard InChI is InChI=1S/C32H50N6O7/c1-16(2)12-24(29(41)36-25(32(44)45)13-17(3)4)35-30(42)26(18(5)6)37-31(43)27(19(7)39)38-28(40)22(33)14-20-15-34-23-11-9-8-10-21(20)23/h8-11,15-19,22,24-27,34,39H,12-14,33H2,1-7H3,(H,35,42)(H,36,41)(H,37,43)(H,38,40)(H,44,45)/t19-,22+,24+,25+,26+,27+/m1/s1. The molecule has 0 aliphatic heterocycles. The van der Waals surface area contributed by atoms with Crippen LogP contribution >= 0.6 is 0 Å². The smallest absolute Gasteiger partial charge is 0.326 e. The fraction of sp³-hybridized carbons (Fsp3) is 0.594. The lowest BCUT2D eigenvalue weighted by molar-refractivity contribution is -0.143. The first-order valence-corrected chi connectivity index (χ1v) is 15.4. The number of hydrogen-bond donors (Lipinski definition) is 8. The Morgan fingerprint density at radius 3 is 1.84 bits per heavy atom. The van der Waals surface area contributed by atoms with Gasteiger partial charge in [0.2, 0.25) is 23.6 Å². The summed E-state index contributed by atoms with van der Waals surface area (Å²) in [6, 6.07) is 1.80. The van der Waals surface area contributed by atoms with Crippen molar-refractivity contribution in [3.05, 3.63) is 36.0 Å². The predicted octanol–water partition coefficient (Wildman–Crippen LogP) is 1.19. The average molecular weight is 631 g/mol. The zero-order valence-electron chi connectivity index (χ0n) is 27.2. The molecule has 9 N–H and O–H groups in total. The number of nitrogens with two attached hydrogens (primary N) is 1. The van der Waals surface area contributed by atoms with Crippen molar-refractivity contribution >= 4 is 40.5 Å². The van der Waals surface area contributed by atoms with Gasteiger partial charge in [-0.2, -0.15) is 0 Å². The largest absolute Gasteiger partial charge is 0.480 e. The molecule has 13 heteroatoms. The molecule has 0 bridgehead atoms. The summed E-state index contributed by atoms with van der Waals surface area (Å²) < 4.78 is 0. The summed E-state index contributed by atoms with van der Waals surface area (Å²) in [5.74, 6) is -4.40. The third-order valence-corrected chi connectivity index (χ3v) is 7.42. The van der Waals surface area contributed by atoms with Gasteiger partial charge in [0.25, 0.3) is 0 Å². The van der Waals surface area contributed by atoms with Gasteiger partial charge in [-0.3, -0.25) is 19.2 Å². The lowest BCUT2D eigenvalue weighted by Crippen LogP contribution is -2.61. The van der Waals surface area contributed by atoms with Crippen LogP contribution in [-0.4, -0.2) is 81.1 Å². The van der Waals surface area contributed by atoms with E-state index < -0.39 is 71.8 Å². The van der Waals surface area contributed by atoms with Crippen LogP contribution in [-0.2, 0) is 30.4 Å². The lowest BCUT2D eigenvalue weighted by atomic mass is 9.98. The topological polar surface area (TPSA) is 216 Å². The molecule has 0 aliphatic rings. The van der Waals surface area contributed by atoms with E-state index in [1.165, 1.54) is 6.92 Å². The fourth-order valence-electron chi connectivity index (χ4n) is 5.00. The Bertz CT molecular complexity index is 1320. The number of aliphatic hydroxyl groups is 1. The minimum atomic E-state index is -1.41. The second-order valence-electron chi connectivity index (χ2n) is 12.8. The monoisotopic (exact) mass is 630 g/mol. The zero-order valence-corrected chi connectivity index (χ0v) is 27.2. The molecule has 0 spiro atoms. The maximum absolute atomic E-state index is 13.4. The number of carboxylic acid groups (broad SMARTS) is 1. The van der Waals surface area contributed by atoms with Crippen LogP contribution in [0, 0.1) is 17.8 Å². The van der Waals surface area contributed by atoms with E-state index in [2.05, 4.69) is 26.3 Å². The van der Waals surface area contributed by atoms with Gasteiger partial charge in [0.15, 0.2) is 0 Å². The molecule has 0 radical (unpaired) electrons. The van der Waals surface area contributed by atoms with Crippen molar-refractivity contribution in [3.63, 3.8) is 0 Å². The van der Waals surface area contributed by atoms with E-state index in [0.717, 1.165) is 16.5 Å². The number of nitrogens with one attached hydrogen (secondary N) is 5. The number of carbonyl (C=O) groups is 5. The number of amides is 4. The molecule has 6 atom stereocenters. The number of aromatic amines is 1. The van der Waals surface area contributed by atoms with Gasteiger partial charge in [-0.15, -0.1) is 0 Å². The average Bonchev–Trinajstić information content (AvgIpc) is 3.35. The van der Waals surface area contributed by atoms with Crippen molar-refractivity contribution in [2.24, 2.45) is 23.5 Å². The quantitative estimate of drug-likeness (QED) is 0.127. The van der Waals surface area contributed by atoms with Gasteiger partial charge in [0.1, 0.15) is 24.2 Å². The first kappa shape index (κ1) is 37.2. The maximum Gasteiger partial charge on any atom is 0.326 e. The van der Waals surface area contributed by atoms with Crippen LogP contribution in [0.4, 0.5) is 0 Å². The summed E-state index contributed by atoms with van der Waals surface area (Å²) >= 11 is 0. The minimum absolute atomic E-state index is 0.00972. The summed E-state index contributed by atoms with van der Waals surface area (Å²) in [6.45, 7) is 12.1. The van der Waals surface area contributed by atoms with E-state index >= 15 is 0 Å². The summed E-state index contributed by atoms with van der Waals surface area (Å²) in [7, 11) is 0. The third kappa shape index (κ3) is 11.2. The van der Waals surface area contributed by atoms with Crippen LogP contribution in [0.15, 0.2) is 30.5 Å². The highest BCUT2D eigenvalue weighted by atomic mass is 16.4. The molecule has 250 valence electrons. The second kappa shape index (κ2) is 16.9. The Labute approximate surface area is 264 Å². The first-order valence-electron chi connectivity index (χ1n) is 15.4. The van der Waals surface area contributed by atoms with Gasteiger partial charge in [-0.1, -0.05) is 59.7 Å². The number of rotatable bonds is 17. The van der Waals surface area contributed by atoms with Crippen LogP contribution in [0.5, 0.6) is 0 Å². The number of para-hydroxylation sites is 1. The van der Waals surface area contributed by atoms with Crippen molar-refractivity contribution in [1.82, 2.24) is 26.3 Å². The Kier molecular flexibility index (Phi) is 14.0. The van der Waals surface area contributed by atoms with Gasteiger partial charge in [0.05, 0.1) is 12.1 Å². The van der Waals surface area contributed by atoms with Crippen molar-refractivity contribution < 1.29 is 34.2 Å². The van der Waals surface area contributed by atoms with E-state index in [1.54, 1.807) is 20.0 Å². The number of benzene rings is 1. The van der Waals surface area contributed by atoms with Gasteiger partial charge >= 0.3 is 5.97 Å². The Morgan fingerprint density at radius 2 is 1.29 bits per heavy atom. The molecule has 1 aromatic heterocycles. The molecule has 2 rings (SSSR count). The first-order chi connectivity index (χ1) is 21.0. The lowest BCUT2D eigenvalue weighted by Gasteiger charge is -2.29. The number of aromatic nitrogens is 1. The molecule has 45 heavy (non-hydrogen) atoms. The van der Waals surface area contributed by atoms with Gasteiger partial charge in [-0.25, -0.2) is 4.79 Å². The van der Waals surface area contributed by atoms with Crippen LogP contribution in [0.2, 0.25) is 0 Å². The minimum Gasteiger partial charge on any atom is -0.480 e. The summed E-state index contributed by atoms with van der Waals surface area (Å²) in [4.78, 5) is 67.7. The van der Waals surface area contributed by atoms with Crippen molar-refractivity contribution in [2.45, 2.75) is 104 Å². The second-order valence-corrected chi connectivity index (χ2v) is 12.8. The molecule has 0 saturated heterocycles. The Balaban J connectivity index is 2.13. The zero-order chi connectivity index (χ0) is 34.0. The van der Waals surface area contributed by atoms with E-state index in [4.69, 9.17) is 5.73 Å². The third-order valence-electron chi connectivity index (χ3n) is 7.42. The number of aliphatic carboxylic acids is 1. The summed E-state index contributed by atoms with van der Waals surface area (Å²) in [6.07, 6.45) is 1.07. The van der Waals surface area contributed by atoms with Crippen molar-refractivity contribution in [1.29, 1.82) is 0 Å². The maximum atomic E-state index is 13.4. The Hall–Kier alpha value is -3.97. The molecule has 0 unspecified atom stereocenters. The predicted molar refractivity (Wildman–Crippen MR) is 171 cm³/mol. The van der Waals surface area contributed by atoms with Crippen LogP contribution in [0.25, 0.3) is 10.9 Å². The number of carbonyl (C=O) groups excluding carboxylic acids is 4. The number of fused-ring (bicyclic) bond motifs is 1. The Morgan fingerprint density at radius 1 is 0.756 bits per heavy atom. The molecule has 0 aliphatic carbocycles. The van der Waals surface area contributed by atoms with Crippen LogP contribution in [0.1, 0.15) is 66.9 Å². The highest BCUT2D eigenvalue weighted by Gasteiger charge is 2.35. The molecule has 13 nitrogen and oxygen atoms in total. The highest BCUT2D eigenvalue weighted by molar-refractivity contribution is 5.96. The molecule has 4 amide bonds. The van der Waals surface area contributed by atoms with E-state index in [9.17, 15) is 34.2 Å². The van der Waals surface area contributed by atoms with Crippen LogP contribution in [0.3, 0.4) is 0 Å². The number of aliphatic hydroxyl groups excluding tert-OH is 1. The molecule has 1 heterocycles. The van der Waals surface area contributed by atoms with E-state index in [0.29, 0.717) is 0 Å². The fourth-order valence-corrected chi connectivity index (χ4v) is 5.00. The van der Waals surface area contributed by atoms with Crippen molar-refractivity contribution in [3.8, 4) is 0 Å². The SMILES string of the molecule is CC(C)C[C@H](NC(=O)[C@H](CC(C)C)NC(=O)[C@@H](NC(=O)[C@@H](NC(=O)[C@@H](N)Cc1c[nH]c2ccccc12)[C@@H](C)O)C(C)C)C(=O)O.